The van der Waals surface area contributed by atoms with E-state index in [0.717, 1.165) is 32.1 Å². The minimum absolute atomic E-state index is 0.0582. The zero-order valence-electron chi connectivity index (χ0n) is 10.9. The molecule has 2 N–H and O–H groups in total. The summed E-state index contributed by atoms with van der Waals surface area (Å²) in [6.07, 6.45) is 9.38. The van der Waals surface area contributed by atoms with E-state index >= 15 is 0 Å². The average molecular weight is 253 g/mol. The Labute approximate surface area is 108 Å². The van der Waals surface area contributed by atoms with E-state index in [0.29, 0.717) is 12.3 Å². The largest absolute Gasteiger partial charge is 0.481 e. The summed E-state index contributed by atoms with van der Waals surface area (Å²) in [5.74, 6) is -0.240. The molecule has 2 rings (SSSR count). The van der Waals surface area contributed by atoms with Gasteiger partial charge in [-0.25, -0.2) is 0 Å². The molecule has 2 aliphatic rings. The van der Waals surface area contributed by atoms with Crippen molar-refractivity contribution in [2.45, 2.75) is 69.7 Å². The summed E-state index contributed by atoms with van der Waals surface area (Å²) >= 11 is 0. The molecule has 18 heavy (non-hydrogen) atoms. The number of hydrogen-bond donors (Lipinski definition) is 2. The number of carbonyl (C=O) groups excluding carboxylic acids is 1. The molecule has 0 saturated heterocycles. The van der Waals surface area contributed by atoms with Gasteiger partial charge >= 0.3 is 5.97 Å². The highest BCUT2D eigenvalue weighted by Gasteiger charge is 2.40. The maximum atomic E-state index is 12.0. The summed E-state index contributed by atoms with van der Waals surface area (Å²) in [4.78, 5) is 22.8. The summed E-state index contributed by atoms with van der Waals surface area (Å²) < 4.78 is 0. The third-order valence-corrected chi connectivity index (χ3v) is 4.40. The number of carboxylic acids is 1. The van der Waals surface area contributed by atoms with E-state index in [1.807, 2.05) is 0 Å². The summed E-state index contributed by atoms with van der Waals surface area (Å²) in [7, 11) is 0. The number of amides is 1. The van der Waals surface area contributed by atoms with E-state index in [1.54, 1.807) is 0 Å². The molecule has 0 radical (unpaired) electrons. The summed E-state index contributed by atoms with van der Waals surface area (Å²) in [6.45, 7) is 0. The van der Waals surface area contributed by atoms with E-state index in [-0.39, 0.29) is 12.3 Å². The molecule has 4 heteroatoms. The number of carboxylic acid groups (broad SMARTS) is 1. The maximum Gasteiger partial charge on any atom is 0.305 e. The van der Waals surface area contributed by atoms with Crippen LogP contribution in [0.2, 0.25) is 0 Å². The molecule has 4 nitrogen and oxygen atoms in total. The van der Waals surface area contributed by atoms with Crippen LogP contribution in [0.4, 0.5) is 0 Å². The van der Waals surface area contributed by atoms with Crippen molar-refractivity contribution >= 4 is 11.9 Å². The van der Waals surface area contributed by atoms with Gasteiger partial charge in [-0.2, -0.15) is 0 Å². The number of aliphatic carboxylic acids is 1. The molecule has 0 aromatic heterocycles. The molecular formula is C14H23NO3. The van der Waals surface area contributed by atoms with Crippen molar-refractivity contribution in [1.82, 2.24) is 5.32 Å². The van der Waals surface area contributed by atoms with E-state index in [9.17, 15) is 9.59 Å². The van der Waals surface area contributed by atoms with Crippen LogP contribution in [0.25, 0.3) is 0 Å². The third-order valence-electron chi connectivity index (χ3n) is 4.40. The van der Waals surface area contributed by atoms with Gasteiger partial charge in [0.1, 0.15) is 0 Å². The Morgan fingerprint density at radius 3 is 2.28 bits per heavy atom. The topological polar surface area (TPSA) is 66.4 Å². The second-order valence-electron chi connectivity index (χ2n) is 5.96. The Morgan fingerprint density at radius 1 is 1.11 bits per heavy atom. The van der Waals surface area contributed by atoms with Crippen molar-refractivity contribution in [3.05, 3.63) is 0 Å². The van der Waals surface area contributed by atoms with Gasteiger partial charge in [0, 0.05) is 6.42 Å². The van der Waals surface area contributed by atoms with Crippen LogP contribution in [0, 0.1) is 5.92 Å². The molecule has 0 aromatic carbocycles. The first-order chi connectivity index (χ1) is 8.60. The lowest BCUT2D eigenvalue weighted by Gasteiger charge is -2.41. The van der Waals surface area contributed by atoms with E-state index < -0.39 is 11.5 Å². The van der Waals surface area contributed by atoms with Crippen LogP contribution >= 0.6 is 0 Å². The van der Waals surface area contributed by atoms with Gasteiger partial charge in [-0.15, -0.1) is 0 Å². The van der Waals surface area contributed by atoms with Gasteiger partial charge in [0.2, 0.25) is 5.91 Å². The predicted molar refractivity (Wildman–Crippen MR) is 68.2 cm³/mol. The van der Waals surface area contributed by atoms with Gasteiger partial charge < -0.3 is 10.4 Å². The van der Waals surface area contributed by atoms with Crippen LogP contribution in [0.5, 0.6) is 0 Å². The van der Waals surface area contributed by atoms with Crippen molar-refractivity contribution < 1.29 is 14.7 Å². The van der Waals surface area contributed by atoms with Crippen LogP contribution in [-0.4, -0.2) is 22.5 Å². The summed E-state index contributed by atoms with van der Waals surface area (Å²) in [6, 6.07) is 0. The summed E-state index contributed by atoms with van der Waals surface area (Å²) in [5, 5.41) is 11.9. The maximum absolute atomic E-state index is 12.0. The predicted octanol–water partition coefficient (Wildman–Crippen LogP) is 2.47. The summed E-state index contributed by atoms with van der Waals surface area (Å²) in [5.41, 5.74) is -0.433. The van der Waals surface area contributed by atoms with Gasteiger partial charge in [0.15, 0.2) is 0 Å². The number of carbonyl (C=O) groups is 2. The standard InChI is InChI=1S/C14H23NO3/c16-12(9-11-5-2-1-3-6-11)15-14(7-4-8-14)10-13(17)18/h11H,1-10H2,(H,15,16)(H,17,18). The molecule has 2 aliphatic carbocycles. The van der Waals surface area contributed by atoms with Crippen molar-refractivity contribution in [2.24, 2.45) is 5.92 Å². The van der Waals surface area contributed by atoms with Crippen LogP contribution in [0.1, 0.15) is 64.2 Å². The first-order valence-electron chi connectivity index (χ1n) is 7.12. The Bertz CT molecular complexity index is 317. The number of nitrogens with one attached hydrogen (secondary N) is 1. The average Bonchev–Trinajstić information content (AvgIpc) is 2.26. The molecule has 102 valence electrons. The smallest absolute Gasteiger partial charge is 0.305 e. The quantitative estimate of drug-likeness (QED) is 0.791. The molecule has 0 spiro atoms. The number of hydrogen-bond acceptors (Lipinski definition) is 2. The first kappa shape index (κ1) is 13.4. The Hall–Kier alpha value is -1.06. The van der Waals surface area contributed by atoms with Crippen molar-refractivity contribution in [3.63, 3.8) is 0 Å². The van der Waals surface area contributed by atoms with Crippen LogP contribution < -0.4 is 5.32 Å². The molecule has 0 bridgehead atoms. The molecule has 2 fully saturated rings. The second kappa shape index (κ2) is 5.72. The van der Waals surface area contributed by atoms with Gasteiger partial charge in [-0.05, 0) is 38.0 Å². The van der Waals surface area contributed by atoms with Crippen LogP contribution in [0.3, 0.4) is 0 Å². The molecule has 0 unspecified atom stereocenters. The van der Waals surface area contributed by atoms with Crippen LogP contribution in [-0.2, 0) is 9.59 Å². The van der Waals surface area contributed by atoms with E-state index in [2.05, 4.69) is 5.32 Å². The monoisotopic (exact) mass is 253 g/mol. The van der Waals surface area contributed by atoms with Gasteiger partial charge in [0.25, 0.3) is 0 Å². The molecule has 2 saturated carbocycles. The second-order valence-corrected chi connectivity index (χ2v) is 5.96. The molecule has 1 amide bonds. The highest BCUT2D eigenvalue weighted by Crippen LogP contribution is 2.35. The van der Waals surface area contributed by atoms with Gasteiger partial charge in [-0.3, -0.25) is 9.59 Å². The molecule has 0 aromatic rings. The molecule has 0 aliphatic heterocycles. The SMILES string of the molecule is O=C(O)CC1(NC(=O)CC2CCCCC2)CCC1. The highest BCUT2D eigenvalue weighted by molar-refractivity contribution is 5.78. The minimum atomic E-state index is -0.812. The fourth-order valence-electron chi connectivity index (χ4n) is 3.24. The molecular weight excluding hydrogens is 230 g/mol. The van der Waals surface area contributed by atoms with Gasteiger partial charge in [-0.1, -0.05) is 19.3 Å². The molecule has 0 atom stereocenters. The fourth-order valence-corrected chi connectivity index (χ4v) is 3.24. The number of rotatable bonds is 5. The Balaban J connectivity index is 1.80. The van der Waals surface area contributed by atoms with Crippen molar-refractivity contribution in [1.29, 1.82) is 0 Å². The van der Waals surface area contributed by atoms with Crippen molar-refractivity contribution in [2.75, 3.05) is 0 Å². The zero-order chi connectivity index (χ0) is 13.0. The fraction of sp³-hybridized carbons (Fsp3) is 0.857. The van der Waals surface area contributed by atoms with E-state index in [4.69, 9.17) is 5.11 Å². The van der Waals surface area contributed by atoms with Gasteiger partial charge in [0.05, 0.1) is 12.0 Å². The lowest BCUT2D eigenvalue weighted by atomic mass is 9.74. The van der Waals surface area contributed by atoms with E-state index in [1.165, 1.54) is 19.3 Å². The zero-order valence-corrected chi connectivity index (χ0v) is 10.9. The highest BCUT2D eigenvalue weighted by atomic mass is 16.4. The minimum Gasteiger partial charge on any atom is -0.481 e. The third kappa shape index (κ3) is 3.47. The lowest BCUT2D eigenvalue weighted by Crippen LogP contribution is -2.54. The Morgan fingerprint density at radius 2 is 1.78 bits per heavy atom. The lowest BCUT2D eigenvalue weighted by molar-refractivity contribution is -0.140. The van der Waals surface area contributed by atoms with Crippen molar-refractivity contribution in [3.8, 4) is 0 Å². The Kier molecular flexibility index (Phi) is 4.25. The first-order valence-corrected chi connectivity index (χ1v) is 7.12. The molecule has 0 heterocycles. The van der Waals surface area contributed by atoms with Crippen LogP contribution in [0.15, 0.2) is 0 Å². The normalized spacial score (nSPS) is 23.1.